The summed E-state index contributed by atoms with van der Waals surface area (Å²) in [5.74, 6) is -0.730. The third-order valence-corrected chi connectivity index (χ3v) is 4.86. The van der Waals surface area contributed by atoms with E-state index in [0.29, 0.717) is 6.42 Å². The first-order chi connectivity index (χ1) is 11.5. The van der Waals surface area contributed by atoms with Crippen LogP contribution in [-0.2, 0) is 23.6 Å². The van der Waals surface area contributed by atoms with Crippen molar-refractivity contribution in [3.63, 3.8) is 0 Å². The molecule has 0 rings (SSSR count). The largest absolute Gasteiger partial charge is 1.00 e. The molecule has 0 unspecified atom stereocenters. The second-order valence-corrected chi connectivity index (χ2v) is 7.48. The Morgan fingerprint density at radius 2 is 1.16 bits per heavy atom. The topological polar surface area (TPSA) is 69.7 Å². The van der Waals surface area contributed by atoms with Gasteiger partial charge in [-0.1, -0.05) is 84.0 Å². The number of hydrogen-bond donors (Lipinski definition) is 0. The van der Waals surface area contributed by atoms with Crippen LogP contribution in [0.1, 0.15) is 105 Å². The average molecular weight is 405 g/mol. The Morgan fingerprint density at radius 3 is 1.56 bits per heavy atom. The molecule has 146 valence electrons. The monoisotopic (exact) mass is 404 g/mol. The molecule has 0 aliphatic rings. The SMILES string of the molecule is CCCCCCCCCCCCCCCC(=O)OS(=O)(=O)OCC.[H-].[K+]. The molecule has 0 fully saturated rings. The maximum Gasteiger partial charge on any atom is 1.00 e. The molecule has 25 heavy (non-hydrogen) atoms. The van der Waals surface area contributed by atoms with E-state index in [1.807, 2.05) is 0 Å². The minimum absolute atomic E-state index is 0. The first kappa shape index (κ1) is 28.2. The van der Waals surface area contributed by atoms with E-state index in [-0.39, 0.29) is 65.8 Å². The zero-order valence-electron chi connectivity index (χ0n) is 17.6. The molecule has 0 bridgehead atoms. The number of rotatable bonds is 17. The third-order valence-electron chi connectivity index (χ3n) is 3.94. The Bertz CT molecular complexity index is 404. The predicted octanol–water partition coefficient (Wildman–Crippen LogP) is 2.41. The molecule has 0 aromatic heterocycles. The standard InChI is InChI=1S/C18H36O5S.K.H/c1-3-5-6-7-8-9-10-11-12-13-14-15-16-17-18(19)23-24(20,21)22-4-2;;/h3-17H2,1-2H3;;/q;+1;-1. The fraction of sp³-hybridized carbons (Fsp3) is 0.944. The zero-order chi connectivity index (χ0) is 18.1. The van der Waals surface area contributed by atoms with Crippen LogP contribution in [0.3, 0.4) is 0 Å². The van der Waals surface area contributed by atoms with E-state index >= 15 is 0 Å². The van der Waals surface area contributed by atoms with Gasteiger partial charge >= 0.3 is 67.8 Å². The van der Waals surface area contributed by atoms with Gasteiger partial charge in [0, 0.05) is 6.42 Å². The minimum atomic E-state index is -4.15. The van der Waals surface area contributed by atoms with Gasteiger partial charge in [0.05, 0.1) is 6.61 Å². The van der Waals surface area contributed by atoms with Crippen molar-refractivity contribution >= 4 is 16.4 Å². The van der Waals surface area contributed by atoms with Crippen molar-refractivity contribution < 1.29 is 74.4 Å². The smallest absolute Gasteiger partial charge is 1.00 e. The number of unbranched alkanes of at least 4 members (excludes halogenated alkanes) is 12. The van der Waals surface area contributed by atoms with Gasteiger partial charge in [-0.3, -0.25) is 4.79 Å². The Balaban J connectivity index is -0.00000264. The Morgan fingerprint density at radius 1 is 0.760 bits per heavy atom. The first-order valence-electron chi connectivity index (χ1n) is 9.63. The zero-order valence-corrected chi connectivity index (χ0v) is 20.5. The van der Waals surface area contributed by atoms with Gasteiger partial charge in [-0.2, -0.15) is 8.42 Å². The van der Waals surface area contributed by atoms with E-state index < -0.39 is 16.4 Å². The van der Waals surface area contributed by atoms with Crippen molar-refractivity contribution in [1.82, 2.24) is 0 Å². The summed E-state index contributed by atoms with van der Waals surface area (Å²) in [6.45, 7) is 3.73. The summed E-state index contributed by atoms with van der Waals surface area (Å²) in [5, 5.41) is 0. The summed E-state index contributed by atoms with van der Waals surface area (Å²) in [6, 6.07) is 0. The molecule has 0 amide bonds. The number of hydrogen-bond acceptors (Lipinski definition) is 5. The van der Waals surface area contributed by atoms with E-state index in [4.69, 9.17) is 0 Å². The van der Waals surface area contributed by atoms with Crippen LogP contribution in [0.5, 0.6) is 0 Å². The van der Waals surface area contributed by atoms with Crippen LogP contribution in [0.4, 0.5) is 0 Å². The second-order valence-electron chi connectivity index (χ2n) is 6.26. The Hall–Kier alpha value is 1.02. The molecule has 0 saturated carbocycles. The Labute approximate surface area is 199 Å². The number of carbonyl (C=O) groups is 1. The third kappa shape index (κ3) is 21.2. The van der Waals surface area contributed by atoms with Crippen LogP contribution in [0.2, 0.25) is 0 Å². The molecule has 0 radical (unpaired) electrons. The van der Waals surface area contributed by atoms with Crippen LogP contribution in [-0.4, -0.2) is 21.0 Å². The molecule has 0 aliphatic carbocycles. The van der Waals surface area contributed by atoms with Gasteiger partial charge < -0.3 is 5.61 Å². The molecule has 0 spiro atoms. The van der Waals surface area contributed by atoms with Crippen molar-refractivity contribution in [3.05, 3.63) is 0 Å². The van der Waals surface area contributed by atoms with Gasteiger partial charge in [-0.25, -0.2) is 4.18 Å². The summed E-state index contributed by atoms with van der Waals surface area (Å²) >= 11 is 0. The van der Waals surface area contributed by atoms with E-state index in [2.05, 4.69) is 15.3 Å². The normalized spacial score (nSPS) is 11.1. The summed E-state index contributed by atoms with van der Waals surface area (Å²) in [4.78, 5) is 11.4. The molecule has 0 atom stereocenters. The van der Waals surface area contributed by atoms with Crippen LogP contribution in [0, 0.1) is 0 Å². The molecular weight excluding hydrogens is 367 g/mol. The summed E-state index contributed by atoms with van der Waals surface area (Å²) in [5.41, 5.74) is 0. The maximum absolute atomic E-state index is 11.4. The van der Waals surface area contributed by atoms with Crippen LogP contribution in [0.25, 0.3) is 0 Å². The van der Waals surface area contributed by atoms with Gasteiger partial charge in [0.25, 0.3) is 0 Å². The first-order valence-corrected chi connectivity index (χ1v) is 11.0. The van der Waals surface area contributed by atoms with Gasteiger partial charge in [-0.05, 0) is 13.3 Å². The van der Waals surface area contributed by atoms with Crippen LogP contribution >= 0.6 is 0 Å². The van der Waals surface area contributed by atoms with Crippen molar-refractivity contribution in [2.24, 2.45) is 0 Å². The molecule has 7 heteroatoms. The van der Waals surface area contributed by atoms with E-state index in [1.165, 1.54) is 71.1 Å². The van der Waals surface area contributed by atoms with Crippen molar-refractivity contribution in [1.29, 1.82) is 0 Å². The molecule has 0 saturated heterocycles. The molecule has 0 heterocycles. The quantitative estimate of drug-likeness (QED) is 0.275. The molecule has 0 aromatic rings. The summed E-state index contributed by atoms with van der Waals surface area (Å²) in [6.07, 6.45) is 16.0. The average Bonchev–Trinajstić information content (AvgIpc) is 2.51. The second kappa shape index (κ2) is 19.8. The van der Waals surface area contributed by atoms with E-state index in [9.17, 15) is 13.2 Å². The number of carbonyl (C=O) groups excluding carboxylic acids is 1. The van der Waals surface area contributed by atoms with Crippen molar-refractivity contribution in [3.8, 4) is 0 Å². The van der Waals surface area contributed by atoms with Gasteiger partial charge in [0.15, 0.2) is 0 Å². The van der Waals surface area contributed by atoms with Gasteiger partial charge in [0.1, 0.15) is 0 Å². The van der Waals surface area contributed by atoms with Crippen LogP contribution < -0.4 is 51.4 Å². The van der Waals surface area contributed by atoms with E-state index in [1.54, 1.807) is 0 Å². The molecule has 0 aromatic carbocycles. The molecule has 5 nitrogen and oxygen atoms in total. The summed E-state index contributed by atoms with van der Waals surface area (Å²) < 4.78 is 30.9. The van der Waals surface area contributed by atoms with Gasteiger partial charge in [0.2, 0.25) is 0 Å². The van der Waals surface area contributed by atoms with Crippen molar-refractivity contribution in [2.75, 3.05) is 6.61 Å². The summed E-state index contributed by atoms with van der Waals surface area (Å²) in [7, 11) is -4.15. The predicted molar refractivity (Wildman–Crippen MR) is 98.1 cm³/mol. The molecule has 0 N–H and O–H groups in total. The van der Waals surface area contributed by atoms with Crippen LogP contribution in [0.15, 0.2) is 0 Å². The fourth-order valence-corrected chi connectivity index (χ4v) is 3.26. The minimum Gasteiger partial charge on any atom is -1.00 e. The maximum atomic E-state index is 11.4. The Kier molecular flexibility index (Phi) is 22.3. The van der Waals surface area contributed by atoms with E-state index in [0.717, 1.165) is 12.8 Å². The van der Waals surface area contributed by atoms with Gasteiger partial charge in [-0.15, -0.1) is 0 Å². The van der Waals surface area contributed by atoms with Crippen molar-refractivity contribution in [2.45, 2.75) is 104 Å². The fourth-order valence-electron chi connectivity index (χ4n) is 2.61. The molecular formula is C18H37KO5S. The molecule has 0 aliphatic heterocycles.